The van der Waals surface area contributed by atoms with Crippen molar-refractivity contribution in [1.82, 2.24) is 0 Å². The van der Waals surface area contributed by atoms with Gasteiger partial charge in [-0.3, -0.25) is 0 Å². The van der Waals surface area contributed by atoms with Gasteiger partial charge in [0.05, 0.1) is 35.5 Å². The zero-order chi connectivity index (χ0) is 33.5. The van der Waals surface area contributed by atoms with Crippen LogP contribution in [0.15, 0.2) is 84.9 Å². The fourth-order valence-electron chi connectivity index (χ4n) is 6.62. The van der Waals surface area contributed by atoms with Crippen molar-refractivity contribution in [2.45, 2.75) is 118 Å². The molecule has 0 aliphatic heterocycles. The molecule has 0 radical (unpaired) electrons. The van der Waals surface area contributed by atoms with Crippen LogP contribution in [-0.2, 0) is 0 Å². The fourth-order valence-corrected chi connectivity index (χ4v) is 9.93. The molecule has 1 aliphatic rings. The molecular formula is C42H53O4P. The van der Waals surface area contributed by atoms with Gasteiger partial charge in [-0.1, -0.05) is 79.9 Å². The molecule has 0 spiro atoms. The lowest BCUT2D eigenvalue weighted by atomic mass is 9.96. The van der Waals surface area contributed by atoms with Crippen LogP contribution in [0.5, 0.6) is 23.0 Å². The quantitative estimate of drug-likeness (QED) is 0.135. The molecule has 1 atom stereocenters. The average molecular weight is 653 g/mol. The van der Waals surface area contributed by atoms with E-state index in [2.05, 4.69) is 128 Å². The number of rotatable bonds is 13. The summed E-state index contributed by atoms with van der Waals surface area (Å²) in [7, 11) is -0.811. The first kappa shape index (κ1) is 34.8. The van der Waals surface area contributed by atoms with Crippen molar-refractivity contribution in [2.24, 2.45) is 0 Å². The summed E-state index contributed by atoms with van der Waals surface area (Å²) in [5, 5.41) is 2.73. The van der Waals surface area contributed by atoms with Crippen LogP contribution in [0.4, 0.5) is 0 Å². The van der Waals surface area contributed by atoms with Gasteiger partial charge in [0, 0.05) is 0 Å². The van der Waals surface area contributed by atoms with E-state index in [1.807, 2.05) is 12.1 Å². The maximum Gasteiger partial charge on any atom is 0.131 e. The van der Waals surface area contributed by atoms with Gasteiger partial charge in [0.1, 0.15) is 23.0 Å². The molecular weight excluding hydrogens is 599 g/mol. The summed E-state index contributed by atoms with van der Waals surface area (Å²) in [6.45, 7) is 16.7. The number of benzene rings is 4. The molecule has 4 aromatic rings. The van der Waals surface area contributed by atoms with Crippen molar-refractivity contribution >= 4 is 18.5 Å². The number of hydrogen-bond donors (Lipinski definition) is 0. The smallest absolute Gasteiger partial charge is 0.131 e. The third kappa shape index (κ3) is 8.52. The summed E-state index contributed by atoms with van der Waals surface area (Å²) in [6, 6.07) is 30.4. The molecule has 4 nitrogen and oxygen atoms in total. The zero-order valence-electron chi connectivity index (χ0n) is 29.6. The molecule has 1 unspecified atom stereocenters. The molecule has 5 rings (SSSR count). The van der Waals surface area contributed by atoms with E-state index in [1.54, 1.807) is 0 Å². The summed E-state index contributed by atoms with van der Waals surface area (Å²) in [5.41, 5.74) is 4.88. The molecule has 1 aliphatic carbocycles. The van der Waals surface area contributed by atoms with Gasteiger partial charge >= 0.3 is 0 Å². The van der Waals surface area contributed by atoms with Crippen LogP contribution in [0.3, 0.4) is 0 Å². The highest BCUT2D eigenvalue weighted by atomic mass is 31.1. The Morgan fingerprint density at radius 2 is 0.851 bits per heavy atom. The minimum absolute atomic E-state index is 0.00914. The van der Waals surface area contributed by atoms with Gasteiger partial charge in [0.2, 0.25) is 0 Å². The lowest BCUT2D eigenvalue weighted by Gasteiger charge is -2.35. The summed E-state index contributed by atoms with van der Waals surface area (Å²) in [4.78, 5) is 0. The topological polar surface area (TPSA) is 36.9 Å². The van der Waals surface area contributed by atoms with Gasteiger partial charge in [-0.15, -0.1) is 0 Å². The Kier molecular flexibility index (Phi) is 11.9. The first-order chi connectivity index (χ1) is 22.6. The number of ether oxygens (including phenoxy) is 4. The summed E-state index contributed by atoms with van der Waals surface area (Å²) < 4.78 is 26.3. The van der Waals surface area contributed by atoms with E-state index in [9.17, 15) is 0 Å². The Bertz CT molecular complexity index is 1450. The van der Waals surface area contributed by atoms with Crippen LogP contribution in [0.1, 0.15) is 87.5 Å². The van der Waals surface area contributed by atoms with Crippen LogP contribution >= 0.6 is 7.92 Å². The second-order valence-electron chi connectivity index (χ2n) is 13.6. The molecule has 1 fully saturated rings. The second-order valence-corrected chi connectivity index (χ2v) is 16.1. The Morgan fingerprint density at radius 3 is 1.23 bits per heavy atom. The molecule has 0 N–H and O–H groups in total. The van der Waals surface area contributed by atoms with Crippen molar-refractivity contribution in [3.8, 4) is 45.3 Å². The summed E-state index contributed by atoms with van der Waals surface area (Å²) in [6.07, 6.45) is 6.29. The minimum atomic E-state index is -0.811. The molecule has 0 amide bonds. The third-order valence-electron chi connectivity index (χ3n) is 8.22. The molecule has 0 bridgehead atoms. The zero-order valence-corrected chi connectivity index (χ0v) is 30.5. The highest BCUT2D eigenvalue weighted by Gasteiger charge is 2.34. The first-order valence-electron chi connectivity index (χ1n) is 17.5. The lowest BCUT2D eigenvalue weighted by Crippen LogP contribution is -2.27. The second kappa shape index (κ2) is 16.1. The van der Waals surface area contributed by atoms with Crippen molar-refractivity contribution < 1.29 is 18.9 Å². The Labute approximate surface area is 284 Å². The van der Waals surface area contributed by atoms with E-state index in [1.165, 1.54) is 42.7 Å². The van der Waals surface area contributed by atoms with Crippen molar-refractivity contribution in [2.75, 3.05) is 0 Å². The molecule has 4 aromatic carbocycles. The van der Waals surface area contributed by atoms with Gasteiger partial charge in [-0.05, 0) is 128 Å². The van der Waals surface area contributed by atoms with Gasteiger partial charge < -0.3 is 18.9 Å². The third-order valence-corrected chi connectivity index (χ3v) is 11.3. The molecule has 47 heavy (non-hydrogen) atoms. The van der Waals surface area contributed by atoms with E-state index in [0.717, 1.165) is 45.3 Å². The maximum absolute atomic E-state index is 6.58. The van der Waals surface area contributed by atoms with Gasteiger partial charge in [-0.25, -0.2) is 0 Å². The summed E-state index contributed by atoms with van der Waals surface area (Å²) >= 11 is 0. The predicted octanol–water partition coefficient (Wildman–Crippen LogP) is 10.9. The largest absolute Gasteiger partial charge is 0.490 e. The van der Waals surface area contributed by atoms with Crippen molar-refractivity contribution in [1.29, 1.82) is 0 Å². The van der Waals surface area contributed by atoms with Gasteiger partial charge in [-0.2, -0.15) is 0 Å². The predicted molar refractivity (Wildman–Crippen MR) is 200 cm³/mol. The molecule has 0 saturated heterocycles. The lowest BCUT2D eigenvalue weighted by molar-refractivity contribution is 0.231. The number of hydrogen-bond acceptors (Lipinski definition) is 4. The van der Waals surface area contributed by atoms with Gasteiger partial charge in [0.25, 0.3) is 0 Å². The van der Waals surface area contributed by atoms with Crippen LogP contribution in [0, 0.1) is 0 Å². The molecule has 1 saturated carbocycles. The molecule has 250 valence electrons. The van der Waals surface area contributed by atoms with E-state index >= 15 is 0 Å². The highest BCUT2D eigenvalue weighted by molar-refractivity contribution is 7.74. The fraction of sp³-hybridized carbons (Fsp3) is 0.429. The SMILES string of the molecule is CC(C)Oc1cccc(OC(C)C)c1-c1cccc(-c2c(OC(C)C)cccc2OC(C)C)c1P(c1ccccc1)C1CCCCC1. The maximum atomic E-state index is 6.58. The van der Waals surface area contributed by atoms with E-state index in [-0.39, 0.29) is 24.4 Å². The van der Waals surface area contributed by atoms with Crippen molar-refractivity contribution in [3.05, 3.63) is 84.9 Å². The Morgan fingerprint density at radius 1 is 0.468 bits per heavy atom. The standard InChI is InChI=1S/C42H53O4P/c1-28(2)43-36-24-16-25-37(44-29(3)4)40(36)34-22-15-23-35(41-38(45-30(5)6)26-17-27-39(41)46-31(7)8)42(34)47(32-18-11-9-12-19-32)33-20-13-10-14-21-33/h9,11-12,15-19,22-31,33H,10,13-14,20-21H2,1-8H3. The average Bonchev–Trinajstić information content (AvgIpc) is 3.02. The Balaban J connectivity index is 1.93. The Hall–Kier alpha value is -3.49. The van der Waals surface area contributed by atoms with Crippen LogP contribution < -0.4 is 29.6 Å². The minimum Gasteiger partial charge on any atom is -0.490 e. The highest BCUT2D eigenvalue weighted by Crippen LogP contribution is 2.54. The summed E-state index contributed by atoms with van der Waals surface area (Å²) in [5.74, 6) is 3.37. The van der Waals surface area contributed by atoms with Crippen LogP contribution in [0.25, 0.3) is 22.3 Å². The van der Waals surface area contributed by atoms with Crippen LogP contribution in [-0.4, -0.2) is 30.1 Å². The first-order valence-corrected chi connectivity index (χ1v) is 19.0. The van der Waals surface area contributed by atoms with E-state index in [4.69, 9.17) is 18.9 Å². The van der Waals surface area contributed by atoms with E-state index < -0.39 is 7.92 Å². The molecule has 0 heterocycles. The monoisotopic (exact) mass is 652 g/mol. The van der Waals surface area contributed by atoms with E-state index in [0.29, 0.717) is 5.66 Å². The molecule has 0 aromatic heterocycles. The van der Waals surface area contributed by atoms with Crippen LogP contribution in [0.2, 0.25) is 0 Å². The normalized spacial score (nSPS) is 14.6. The molecule has 5 heteroatoms. The van der Waals surface area contributed by atoms with Gasteiger partial charge in [0.15, 0.2) is 0 Å². The van der Waals surface area contributed by atoms with Crippen molar-refractivity contribution in [3.63, 3.8) is 0 Å².